The van der Waals surface area contributed by atoms with Gasteiger partial charge in [-0.2, -0.15) is 0 Å². The predicted molar refractivity (Wildman–Crippen MR) is 87.7 cm³/mol. The first-order chi connectivity index (χ1) is 10.9. The maximum absolute atomic E-state index is 5.93. The van der Waals surface area contributed by atoms with E-state index < -0.39 is 0 Å². The quantitative estimate of drug-likeness (QED) is 0.820. The van der Waals surface area contributed by atoms with Crippen LogP contribution in [0.5, 0.6) is 5.75 Å². The summed E-state index contributed by atoms with van der Waals surface area (Å²) in [6.45, 7) is 0.609. The van der Waals surface area contributed by atoms with Gasteiger partial charge < -0.3 is 9.47 Å². The average Bonchev–Trinajstić information content (AvgIpc) is 2.92. The second kappa shape index (κ2) is 5.98. The normalized spacial score (nSPS) is 23.2. The largest absolute Gasteiger partial charge is 0.489 e. The maximum Gasteiger partial charge on any atom is 0.120 e. The molecule has 0 aromatic heterocycles. The Bertz CT molecular complexity index is 675. The fourth-order valence-electron chi connectivity index (χ4n) is 3.28. The number of rotatable bonds is 4. The third kappa shape index (κ3) is 2.93. The lowest BCUT2D eigenvalue weighted by Crippen LogP contribution is -2.15. The fourth-order valence-corrected chi connectivity index (χ4v) is 3.28. The second-order valence-corrected chi connectivity index (χ2v) is 6.07. The molecule has 2 unspecified atom stereocenters. The third-order valence-corrected chi connectivity index (χ3v) is 4.43. The highest BCUT2D eigenvalue weighted by molar-refractivity contribution is 5.68. The van der Waals surface area contributed by atoms with E-state index in [-0.39, 0.29) is 0 Å². The lowest BCUT2D eigenvalue weighted by Gasteiger charge is -2.21. The van der Waals surface area contributed by atoms with Gasteiger partial charge in [-0.05, 0) is 48.1 Å². The Morgan fingerprint density at radius 2 is 1.91 bits per heavy atom. The highest BCUT2D eigenvalue weighted by Crippen LogP contribution is 2.36. The molecule has 0 radical (unpaired) electrons. The van der Waals surface area contributed by atoms with Crippen LogP contribution in [0.4, 0.5) is 0 Å². The number of fused-ring (bicyclic) bond motifs is 2. The van der Waals surface area contributed by atoms with Gasteiger partial charge in [-0.1, -0.05) is 48.5 Å². The van der Waals surface area contributed by atoms with Crippen LogP contribution in [0.1, 0.15) is 30.4 Å². The van der Waals surface area contributed by atoms with Gasteiger partial charge in [0.05, 0.1) is 12.2 Å². The molecular formula is C20H20O2. The van der Waals surface area contributed by atoms with Crippen molar-refractivity contribution in [3.05, 3.63) is 71.8 Å². The van der Waals surface area contributed by atoms with Gasteiger partial charge in [-0.25, -0.2) is 0 Å². The molecule has 2 heteroatoms. The van der Waals surface area contributed by atoms with E-state index in [0.29, 0.717) is 18.8 Å². The summed E-state index contributed by atoms with van der Waals surface area (Å²) >= 11 is 0. The summed E-state index contributed by atoms with van der Waals surface area (Å²) in [6.07, 6.45) is 6.41. The maximum atomic E-state index is 5.93. The van der Waals surface area contributed by atoms with Crippen molar-refractivity contribution in [3.63, 3.8) is 0 Å². The lowest BCUT2D eigenvalue weighted by atomic mass is 9.98. The minimum Gasteiger partial charge on any atom is -0.489 e. The molecule has 2 nitrogen and oxygen atoms in total. The van der Waals surface area contributed by atoms with Crippen LogP contribution in [-0.2, 0) is 11.3 Å². The third-order valence-electron chi connectivity index (χ3n) is 4.43. The molecule has 2 aromatic rings. The van der Waals surface area contributed by atoms with Crippen LogP contribution in [-0.4, -0.2) is 12.2 Å². The van der Waals surface area contributed by atoms with E-state index in [9.17, 15) is 0 Å². The topological polar surface area (TPSA) is 18.5 Å². The minimum absolute atomic E-state index is 0.322. The first-order valence-corrected chi connectivity index (χ1v) is 8.00. The molecule has 2 bridgehead atoms. The number of hydrogen-bond donors (Lipinski definition) is 0. The molecule has 0 amide bonds. The summed E-state index contributed by atoms with van der Waals surface area (Å²) in [7, 11) is 0. The van der Waals surface area contributed by atoms with Crippen LogP contribution in [0, 0.1) is 0 Å². The monoisotopic (exact) mass is 292 g/mol. The van der Waals surface area contributed by atoms with Crippen LogP contribution < -0.4 is 4.74 Å². The van der Waals surface area contributed by atoms with Gasteiger partial charge in [0.25, 0.3) is 0 Å². The Balaban J connectivity index is 1.49. The number of ether oxygens (including phenoxy) is 2. The van der Waals surface area contributed by atoms with Crippen molar-refractivity contribution in [1.82, 2.24) is 0 Å². The van der Waals surface area contributed by atoms with E-state index in [1.54, 1.807) is 0 Å². The zero-order valence-electron chi connectivity index (χ0n) is 12.6. The lowest BCUT2D eigenvalue weighted by molar-refractivity contribution is 0.0671. The molecular weight excluding hydrogens is 272 g/mol. The number of benzene rings is 2. The van der Waals surface area contributed by atoms with Gasteiger partial charge in [0.1, 0.15) is 12.4 Å². The predicted octanol–water partition coefficient (Wildman–Crippen LogP) is 4.60. The Hall–Kier alpha value is -2.06. The van der Waals surface area contributed by atoms with E-state index in [2.05, 4.69) is 36.4 Å². The Morgan fingerprint density at radius 3 is 2.77 bits per heavy atom. The minimum atomic E-state index is 0.322. The fraction of sp³-hybridized carbons (Fsp3) is 0.300. The van der Waals surface area contributed by atoms with Gasteiger partial charge >= 0.3 is 0 Å². The molecule has 112 valence electrons. The first-order valence-electron chi connectivity index (χ1n) is 8.00. The zero-order valence-corrected chi connectivity index (χ0v) is 12.6. The summed E-state index contributed by atoms with van der Waals surface area (Å²) in [5.74, 6) is 0.932. The summed E-state index contributed by atoms with van der Waals surface area (Å²) < 4.78 is 11.8. The highest BCUT2D eigenvalue weighted by Gasteiger charge is 2.29. The molecule has 2 heterocycles. The molecule has 22 heavy (non-hydrogen) atoms. The van der Waals surface area contributed by atoms with E-state index in [0.717, 1.165) is 12.2 Å². The smallest absolute Gasteiger partial charge is 0.120 e. The van der Waals surface area contributed by atoms with Gasteiger partial charge in [0, 0.05) is 0 Å². The molecule has 2 aliphatic rings. The first kappa shape index (κ1) is 13.6. The van der Waals surface area contributed by atoms with Gasteiger partial charge in [0.2, 0.25) is 0 Å². The number of hydrogen-bond acceptors (Lipinski definition) is 2. The molecule has 2 atom stereocenters. The standard InChI is InChI=1S/C20H20O2/c1-2-5-15(6-3-1)14-21-18-8-4-7-16(11-18)17-12-19-9-10-20(13-17)22-19/h1-8,11-12,19-20H,9-10,13-14H2. The molecule has 2 aliphatic heterocycles. The summed E-state index contributed by atoms with van der Waals surface area (Å²) in [5.41, 5.74) is 3.87. The molecule has 0 N–H and O–H groups in total. The SMILES string of the molecule is C1=C(c2cccc(OCc3ccccc3)c2)CC2CCC1O2. The summed E-state index contributed by atoms with van der Waals surface area (Å²) in [5, 5.41) is 0. The molecule has 0 aliphatic carbocycles. The van der Waals surface area contributed by atoms with Crippen LogP contribution >= 0.6 is 0 Å². The molecule has 1 fully saturated rings. The highest BCUT2D eigenvalue weighted by atomic mass is 16.5. The van der Waals surface area contributed by atoms with E-state index >= 15 is 0 Å². The van der Waals surface area contributed by atoms with Crippen LogP contribution in [0.2, 0.25) is 0 Å². The van der Waals surface area contributed by atoms with Gasteiger partial charge in [-0.15, -0.1) is 0 Å². The van der Waals surface area contributed by atoms with E-state index in [1.807, 2.05) is 24.3 Å². The van der Waals surface area contributed by atoms with Crippen molar-refractivity contribution < 1.29 is 9.47 Å². The van der Waals surface area contributed by atoms with Gasteiger partial charge in [-0.3, -0.25) is 0 Å². The van der Waals surface area contributed by atoms with Crippen molar-refractivity contribution in [2.24, 2.45) is 0 Å². The van der Waals surface area contributed by atoms with Crippen LogP contribution in [0.25, 0.3) is 5.57 Å². The molecule has 0 saturated carbocycles. The van der Waals surface area contributed by atoms with Crippen molar-refractivity contribution in [1.29, 1.82) is 0 Å². The second-order valence-electron chi connectivity index (χ2n) is 6.07. The average molecular weight is 292 g/mol. The Morgan fingerprint density at radius 1 is 1.00 bits per heavy atom. The van der Waals surface area contributed by atoms with E-state index in [4.69, 9.17) is 9.47 Å². The molecule has 2 aromatic carbocycles. The zero-order chi connectivity index (χ0) is 14.8. The van der Waals surface area contributed by atoms with E-state index in [1.165, 1.54) is 29.5 Å². The van der Waals surface area contributed by atoms with Crippen molar-refractivity contribution in [2.75, 3.05) is 0 Å². The summed E-state index contributed by atoms with van der Waals surface area (Å²) in [6, 6.07) is 18.7. The van der Waals surface area contributed by atoms with Crippen molar-refractivity contribution in [2.45, 2.75) is 38.1 Å². The van der Waals surface area contributed by atoms with Crippen molar-refractivity contribution >= 4 is 5.57 Å². The molecule has 1 saturated heterocycles. The Kier molecular flexibility index (Phi) is 3.69. The van der Waals surface area contributed by atoms with Crippen molar-refractivity contribution in [3.8, 4) is 5.75 Å². The Labute approximate surface area is 131 Å². The van der Waals surface area contributed by atoms with Gasteiger partial charge in [0.15, 0.2) is 0 Å². The molecule has 0 spiro atoms. The summed E-state index contributed by atoms with van der Waals surface area (Å²) in [4.78, 5) is 0. The van der Waals surface area contributed by atoms with Crippen LogP contribution in [0.3, 0.4) is 0 Å². The molecule has 4 rings (SSSR count). The van der Waals surface area contributed by atoms with Crippen LogP contribution in [0.15, 0.2) is 60.7 Å².